The van der Waals surface area contributed by atoms with Crippen molar-refractivity contribution >= 4 is 45.1 Å². The quantitative estimate of drug-likeness (QED) is 0.547. The number of fused-ring (bicyclic) bond motifs is 1. The zero-order chi connectivity index (χ0) is 14.7. The van der Waals surface area contributed by atoms with Crippen LogP contribution in [0.3, 0.4) is 0 Å². The van der Waals surface area contributed by atoms with Gasteiger partial charge in [-0.15, -0.1) is 0 Å². The molecule has 2 aromatic rings. The van der Waals surface area contributed by atoms with Crippen molar-refractivity contribution in [3.8, 4) is 5.75 Å². The van der Waals surface area contributed by atoms with Crippen molar-refractivity contribution in [1.82, 2.24) is 0 Å². The molecule has 1 aliphatic heterocycles. The Bertz CT molecular complexity index is 623. The molecule has 0 amide bonds. The van der Waals surface area contributed by atoms with E-state index in [0.717, 1.165) is 29.7 Å². The van der Waals surface area contributed by atoms with Crippen molar-refractivity contribution in [1.29, 1.82) is 0 Å². The van der Waals surface area contributed by atoms with Crippen LogP contribution < -0.4 is 13.3 Å². The van der Waals surface area contributed by atoms with E-state index in [1.165, 1.54) is 11.4 Å². The minimum absolute atomic E-state index is 0.891. The van der Waals surface area contributed by atoms with Gasteiger partial charge in [-0.2, -0.15) is 0 Å². The van der Waals surface area contributed by atoms with Gasteiger partial charge in [0.2, 0.25) is 0 Å². The molecule has 5 heteroatoms. The van der Waals surface area contributed by atoms with E-state index in [4.69, 9.17) is 4.74 Å². The number of ether oxygens (including phenoxy) is 1. The highest BCUT2D eigenvalue weighted by atomic mass is 79.9. The van der Waals surface area contributed by atoms with Gasteiger partial charge in [0.05, 0.1) is 36.3 Å². The molecule has 0 aromatic heterocycles. The predicted octanol–water partition coefficient (Wildman–Crippen LogP) is 5.00. The number of para-hydroxylation sites is 4. The van der Waals surface area contributed by atoms with Crippen LogP contribution in [0.25, 0.3) is 0 Å². The van der Waals surface area contributed by atoms with Gasteiger partial charge >= 0.3 is 0 Å². The minimum Gasteiger partial charge on any atom is -0.495 e. The van der Waals surface area contributed by atoms with Gasteiger partial charge in [0, 0.05) is 11.9 Å². The summed E-state index contributed by atoms with van der Waals surface area (Å²) in [6.07, 6.45) is 1.11. The summed E-state index contributed by atoms with van der Waals surface area (Å²) in [5, 5.41) is 1.01. The Morgan fingerprint density at radius 1 is 1.00 bits per heavy atom. The number of alkyl halides is 1. The first-order valence-electron chi connectivity index (χ1n) is 6.89. The summed E-state index contributed by atoms with van der Waals surface area (Å²) < 4.78 is 10.1. The lowest BCUT2D eigenvalue weighted by molar-refractivity contribution is 0.416. The number of halogens is 1. The van der Waals surface area contributed by atoms with Gasteiger partial charge in [-0.1, -0.05) is 40.2 Å². The maximum atomic E-state index is 5.51. The SMILES string of the molecule is COc1ccccc1N1SN(CCCBr)c2ccccc21. The lowest BCUT2D eigenvalue weighted by Crippen LogP contribution is -2.15. The molecule has 0 aliphatic carbocycles. The number of methoxy groups -OCH3 is 1. The number of rotatable bonds is 5. The summed E-state index contributed by atoms with van der Waals surface area (Å²) >= 11 is 5.24. The van der Waals surface area contributed by atoms with Crippen LogP contribution in [0.15, 0.2) is 48.5 Å². The normalized spacial score (nSPS) is 13.4. The molecule has 0 N–H and O–H groups in total. The fraction of sp³-hybridized carbons (Fsp3) is 0.250. The van der Waals surface area contributed by atoms with Gasteiger partial charge in [0.25, 0.3) is 0 Å². The molecule has 0 saturated heterocycles. The fourth-order valence-corrected chi connectivity index (χ4v) is 3.75. The number of hydrogen-bond acceptors (Lipinski definition) is 4. The van der Waals surface area contributed by atoms with Crippen molar-refractivity contribution in [2.75, 3.05) is 27.6 Å². The second kappa shape index (κ2) is 6.62. The largest absolute Gasteiger partial charge is 0.495 e. The van der Waals surface area contributed by atoms with Crippen LogP contribution in [0.5, 0.6) is 5.75 Å². The van der Waals surface area contributed by atoms with Gasteiger partial charge in [-0.3, -0.25) is 8.61 Å². The van der Waals surface area contributed by atoms with E-state index >= 15 is 0 Å². The monoisotopic (exact) mass is 364 g/mol. The smallest absolute Gasteiger partial charge is 0.143 e. The first-order valence-corrected chi connectivity index (χ1v) is 8.74. The number of hydrogen-bond donors (Lipinski definition) is 0. The average Bonchev–Trinajstić information content (AvgIpc) is 2.91. The summed E-state index contributed by atoms with van der Waals surface area (Å²) in [6, 6.07) is 16.6. The maximum absolute atomic E-state index is 5.51. The zero-order valence-corrected chi connectivity index (χ0v) is 14.2. The van der Waals surface area contributed by atoms with E-state index in [2.05, 4.69) is 54.9 Å². The van der Waals surface area contributed by atoms with Crippen LogP contribution >= 0.6 is 28.1 Å². The topological polar surface area (TPSA) is 15.7 Å². The van der Waals surface area contributed by atoms with Crippen molar-refractivity contribution in [2.24, 2.45) is 0 Å². The molecule has 1 aliphatic rings. The van der Waals surface area contributed by atoms with Crippen LogP contribution in [-0.4, -0.2) is 19.0 Å². The summed E-state index contributed by atoms with van der Waals surface area (Å²) in [5.41, 5.74) is 3.55. The Morgan fingerprint density at radius 3 is 2.38 bits per heavy atom. The molecule has 110 valence electrons. The standard InChI is InChI=1S/C16H17BrN2OS/c1-20-16-10-5-4-9-15(16)19-14-8-3-2-7-13(14)18(21-19)12-6-11-17/h2-5,7-10H,6,11-12H2,1H3. The summed E-state index contributed by atoms with van der Waals surface area (Å²) in [6.45, 7) is 1.01. The molecule has 21 heavy (non-hydrogen) atoms. The molecule has 0 atom stereocenters. The van der Waals surface area contributed by atoms with Crippen LogP contribution in [0.2, 0.25) is 0 Å². The van der Waals surface area contributed by atoms with E-state index in [1.54, 1.807) is 19.2 Å². The molecule has 0 bridgehead atoms. The van der Waals surface area contributed by atoms with Crippen molar-refractivity contribution in [3.05, 3.63) is 48.5 Å². The molecule has 2 aromatic carbocycles. The first kappa shape index (κ1) is 14.6. The molecule has 0 fully saturated rings. The first-order chi connectivity index (χ1) is 10.3. The van der Waals surface area contributed by atoms with Crippen LogP contribution in [0.1, 0.15) is 6.42 Å². The molecule has 0 unspecified atom stereocenters. The third-order valence-corrected chi connectivity index (χ3v) is 5.04. The Morgan fingerprint density at radius 2 is 1.67 bits per heavy atom. The second-order valence-electron chi connectivity index (χ2n) is 4.68. The van der Waals surface area contributed by atoms with Crippen LogP contribution in [0, 0.1) is 0 Å². The Hall–Kier alpha value is -1.33. The second-order valence-corrected chi connectivity index (χ2v) is 6.44. The van der Waals surface area contributed by atoms with Crippen LogP contribution in [0.4, 0.5) is 17.1 Å². The molecule has 0 radical (unpaired) electrons. The highest BCUT2D eigenvalue weighted by Gasteiger charge is 2.29. The molecule has 0 saturated carbocycles. The highest BCUT2D eigenvalue weighted by molar-refractivity contribution is 9.09. The fourth-order valence-electron chi connectivity index (χ4n) is 2.37. The maximum Gasteiger partial charge on any atom is 0.143 e. The van der Waals surface area contributed by atoms with E-state index < -0.39 is 0 Å². The van der Waals surface area contributed by atoms with E-state index in [1.807, 2.05) is 18.2 Å². The minimum atomic E-state index is 0.891. The number of anilines is 3. The summed E-state index contributed by atoms with van der Waals surface area (Å²) in [5.74, 6) is 0.891. The lowest BCUT2D eigenvalue weighted by Gasteiger charge is -2.21. The Kier molecular flexibility index (Phi) is 4.60. The third kappa shape index (κ3) is 2.85. The zero-order valence-electron chi connectivity index (χ0n) is 11.8. The lowest BCUT2D eigenvalue weighted by atomic mass is 10.2. The van der Waals surface area contributed by atoms with Gasteiger partial charge in [-0.05, 0) is 30.7 Å². The van der Waals surface area contributed by atoms with Gasteiger partial charge in [0.1, 0.15) is 5.75 Å². The van der Waals surface area contributed by atoms with E-state index in [9.17, 15) is 0 Å². The molecule has 3 nitrogen and oxygen atoms in total. The van der Waals surface area contributed by atoms with E-state index in [0.29, 0.717) is 0 Å². The molecule has 1 heterocycles. The molecular formula is C16H17BrN2OS. The Labute approximate surface area is 138 Å². The Balaban J connectivity index is 1.97. The number of benzene rings is 2. The van der Waals surface area contributed by atoms with Crippen LogP contribution in [-0.2, 0) is 0 Å². The van der Waals surface area contributed by atoms with Crippen molar-refractivity contribution < 1.29 is 4.74 Å². The number of nitrogens with zero attached hydrogens (tertiary/aromatic N) is 2. The van der Waals surface area contributed by atoms with Gasteiger partial charge < -0.3 is 4.74 Å². The predicted molar refractivity (Wildman–Crippen MR) is 94.9 cm³/mol. The molecule has 0 spiro atoms. The van der Waals surface area contributed by atoms with Crippen molar-refractivity contribution in [2.45, 2.75) is 6.42 Å². The molecule has 3 rings (SSSR count). The summed E-state index contributed by atoms with van der Waals surface area (Å²) in [4.78, 5) is 0. The van der Waals surface area contributed by atoms with Gasteiger partial charge in [0.15, 0.2) is 0 Å². The summed E-state index contributed by atoms with van der Waals surface area (Å²) in [7, 11) is 1.72. The van der Waals surface area contributed by atoms with Crippen molar-refractivity contribution in [3.63, 3.8) is 0 Å². The van der Waals surface area contributed by atoms with Gasteiger partial charge in [-0.25, -0.2) is 0 Å². The average molecular weight is 365 g/mol. The van der Waals surface area contributed by atoms with E-state index in [-0.39, 0.29) is 0 Å². The molecular weight excluding hydrogens is 348 g/mol. The third-order valence-electron chi connectivity index (χ3n) is 3.35. The highest BCUT2D eigenvalue weighted by Crippen LogP contribution is 2.50.